The molecular formula is C9H19N3O6. The number of aliphatic carboxylic acids is 3. The molecule has 0 aliphatic carbocycles. The molecule has 0 aromatic heterocycles. The van der Waals surface area contributed by atoms with Gasteiger partial charge in [0.15, 0.2) is 0 Å². The summed E-state index contributed by atoms with van der Waals surface area (Å²) < 4.78 is 0. The number of carbonyl (C=O) groups is 3. The number of rotatable bonds is 7. The van der Waals surface area contributed by atoms with Crippen LogP contribution >= 0.6 is 0 Å². The van der Waals surface area contributed by atoms with E-state index in [1.54, 1.807) is 0 Å². The molecule has 106 valence electrons. The topological polar surface area (TPSA) is 190 Å². The van der Waals surface area contributed by atoms with Crippen LogP contribution in [0.5, 0.6) is 0 Å². The zero-order chi connectivity index (χ0) is 14.7. The average Bonchev–Trinajstić information content (AvgIpc) is 2.25. The third-order valence-electron chi connectivity index (χ3n) is 1.75. The average molecular weight is 265 g/mol. The molecule has 0 heterocycles. The highest BCUT2D eigenvalue weighted by Gasteiger charge is 2.14. The summed E-state index contributed by atoms with van der Waals surface area (Å²) in [5.41, 5.74) is 15.1. The summed E-state index contributed by atoms with van der Waals surface area (Å²) >= 11 is 0. The Morgan fingerprint density at radius 1 is 0.944 bits per heavy atom. The Balaban J connectivity index is 0. The number of carboxylic acid groups (broad SMARTS) is 3. The Hall–Kier alpha value is -1.71. The molecule has 18 heavy (non-hydrogen) atoms. The van der Waals surface area contributed by atoms with Gasteiger partial charge in [0.2, 0.25) is 0 Å². The lowest BCUT2D eigenvalue weighted by Crippen LogP contribution is -2.32. The second kappa shape index (κ2) is 10.4. The van der Waals surface area contributed by atoms with Crippen molar-refractivity contribution in [2.24, 2.45) is 17.2 Å². The van der Waals surface area contributed by atoms with Crippen LogP contribution < -0.4 is 17.2 Å². The van der Waals surface area contributed by atoms with Crippen LogP contribution in [0.3, 0.4) is 0 Å². The molecular weight excluding hydrogens is 246 g/mol. The van der Waals surface area contributed by atoms with E-state index in [0.29, 0.717) is 19.4 Å². The molecule has 0 rings (SSSR count). The molecule has 9 heteroatoms. The van der Waals surface area contributed by atoms with E-state index in [0.717, 1.165) is 0 Å². The molecule has 0 fully saturated rings. The first-order chi connectivity index (χ1) is 8.22. The largest absolute Gasteiger partial charge is 0.481 e. The third-order valence-corrected chi connectivity index (χ3v) is 1.75. The van der Waals surface area contributed by atoms with Gasteiger partial charge in [-0.15, -0.1) is 0 Å². The molecule has 0 aromatic rings. The summed E-state index contributed by atoms with van der Waals surface area (Å²) in [6, 6.07) is -2.03. The van der Waals surface area contributed by atoms with Gasteiger partial charge in [0, 0.05) is 0 Å². The van der Waals surface area contributed by atoms with Gasteiger partial charge in [-0.2, -0.15) is 0 Å². The lowest BCUT2D eigenvalue weighted by atomic mass is 10.2. The minimum atomic E-state index is -1.29. The molecule has 0 amide bonds. The Morgan fingerprint density at radius 3 is 1.61 bits per heavy atom. The number of carboxylic acids is 3. The molecule has 0 aliphatic rings. The SMILES string of the molecule is NCCC[C@H](N)C(=O)O.N[C@H](CC(=O)O)C(=O)O. The molecule has 9 N–H and O–H groups in total. The maximum atomic E-state index is 10.0. The van der Waals surface area contributed by atoms with E-state index >= 15 is 0 Å². The second-order valence-corrected chi connectivity index (χ2v) is 3.42. The van der Waals surface area contributed by atoms with E-state index in [4.69, 9.17) is 32.5 Å². The van der Waals surface area contributed by atoms with Crippen LogP contribution in [0.2, 0.25) is 0 Å². The highest BCUT2D eigenvalue weighted by molar-refractivity contribution is 5.80. The standard InChI is InChI=1S/C5H12N2O2.C4H7NO4/c6-3-1-2-4(7)5(8)9;5-2(4(8)9)1-3(6)7/h4H,1-3,6-7H2,(H,8,9);2H,1,5H2,(H,6,7)(H,8,9)/t4-;2-/m01/s1. The lowest BCUT2D eigenvalue weighted by Gasteiger charge is -2.02. The smallest absolute Gasteiger partial charge is 0.321 e. The van der Waals surface area contributed by atoms with Gasteiger partial charge in [-0.05, 0) is 19.4 Å². The maximum Gasteiger partial charge on any atom is 0.321 e. The monoisotopic (exact) mass is 265 g/mol. The van der Waals surface area contributed by atoms with E-state index in [-0.39, 0.29) is 0 Å². The summed E-state index contributed by atoms with van der Waals surface area (Å²) in [5.74, 6) is -3.45. The van der Waals surface area contributed by atoms with Gasteiger partial charge in [-0.3, -0.25) is 14.4 Å². The van der Waals surface area contributed by atoms with Crippen LogP contribution in [0.4, 0.5) is 0 Å². The van der Waals surface area contributed by atoms with Crippen molar-refractivity contribution in [2.45, 2.75) is 31.3 Å². The van der Waals surface area contributed by atoms with E-state index in [1.165, 1.54) is 0 Å². The maximum absolute atomic E-state index is 10.0. The van der Waals surface area contributed by atoms with E-state index in [9.17, 15) is 14.4 Å². The first-order valence-electron chi connectivity index (χ1n) is 5.11. The van der Waals surface area contributed by atoms with E-state index < -0.39 is 36.4 Å². The Morgan fingerprint density at radius 2 is 1.39 bits per heavy atom. The van der Waals surface area contributed by atoms with Gasteiger partial charge < -0.3 is 32.5 Å². The summed E-state index contributed by atoms with van der Waals surface area (Å²) in [6.07, 6.45) is 0.606. The van der Waals surface area contributed by atoms with E-state index in [2.05, 4.69) is 0 Å². The van der Waals surface area contributed by atoms with Gasteiger partial charge in [0.25, 0.3) is 0 Å². The fourth-order valence-corrected chi connectivity index (χ4v) is 0.737. The van der Waals surface area contributed by atoms with Crippen molar-refractivity contribution in [1.82, 2.24) is 0 Å². The Kier molecular flexibility index (Phi) is 10.8. The van der Waals surface area contributed by atoms with Crippen LogP contribution in [0, 0.1) is 0 Å². The second-order valence-electron chi connectivity index (χ2n) is 3.42. The minimum Gasteiger partial charge on any atom is -0.481 e. The zero-order valence-electron chi connectivity index (χ0n) is 9.78. The van der Waals surface area contributed by atoms with Crippen molar-refractivity contribution in [1.29, 1.82) is 0 Å². The van der Waals surface area contributed by atoms with Crippen LogP contribution in [-0.2, 0) is 14.4 Å². The van der Waals surface area contributed by atoms with E-state index in [1.807, 2.05) is 0 Å². The normalized spacial score (nSPS) is 12.8. The molecule has 9 nitrogen and oxygen atoms in total. The van der Waals surface area contributed by atoms with Gasteiger partial charge in [-0.1, -0.05) is 0 Å². The third kappa shape index (κ3) is 12.4. The van der Waals surface area contributed by atoms with Crippen LogP contribution in [0.1, 0.15) is 19.3 Å². The summed E-state index contributed by atoms with van der Waals surface area (Å²) in [5, 5.41) is 24.3. The fourth-order valence-electron chi connectivity index (χ4n) is 0.737. The highest BCUT2D eigenvalue weighted by Crippen LogP contribution is 1.91. The first-order valence-corrected chi connectivity index (χ1v) is 5.11. The molecule has 0 radical (unpaired) electrons. The minimum absolute atomic E-state index is 0.464. The Bertz CT molecular complexity index is 283. The molecule has 2 atom stereocenters. The predicted molar refractivity (Wildman–Crippen MR) is 61.8 cm³/mol. The van der Waals surface area contributed by atoms with Gasteiger partial charge in [0.05, 0.1) is 6.42 Å². The molecule has 0 saturated carbocycles. The van der Waals surface area contributed by atoms with Crippen molar-refractivity contribution in [3.05, 3.63) is 0 Å². The fraction of sp³-hybridized carbons (Fsp3) is 0.667. The number of hydrogen-bond acceptors (Lipinski definition) is 6. The molecule has 0 spiro atoms. The summed E-state index contributed by atoms with van der Waals surface area (Å²) in [4.78, 5) is 29.7. The van der Waals surface area contributed by atoms with Gasteiger partial charge in [0.1, 0.15) is 12.1 Å². The van der Waals surface area contributed by atoms with Crippen molar-refractivity contribution >= 4 is 17.9 Å². The van der Waals surface area contributed by atoms with Gasteiger partial charge in [-0.25, -0.2) is 0 Å². The highest BCUT2D eigenvalue weighted by atomic mass is 16.4. The van der Waals surface area contributed by atoms with Crippen molar-refractivity contribution in [3.63, 3.8) is 0 Å². The first kappa shape index (κ1) is 18.6. The van der Waals surface area contributed by atoms with Crippen LogP contribution in [0.15, 0.2) is 0 Å². The quantitative estimate of drug-likeness (QED) is 0.302. The molecule has 0 aromatic carbocycles. The van der Waals surface area contributed by atoms with Crippen molar-refractivity contribution in [2.75, 3.05) is 6.54 Å². The van der Waals surface area contributed by atoms with Crippen molar-refractivity contribution < 1.29 is 29.7 Å². The zero-order valence-corrected chi connectivity index (χ0v) is 9.78. The predicted octanol–water partition coefficient (Wildman–Crippen LogP) is -1.99. The molecule has 0 unspecified atom stereocenters. The molecule has 0 bridgehead atoms. The van der Waals surface area contributed by atoms with Crippen LogP contribution in [0.25, 0.3) is 0 Å². The summed E-state index contributed by atoms with van der Waals surface area (Å²) in [7, 11) is 0. The number of nitrogens with two attached hydrogens (primary N) is 3. The van der Waals surface area contributed by atoms with Gasteiger partial charge >= 0.3 is 17.9 Å². The molecule has 0 saturated heterocycles. The molecule has 0 aliphatic heterocycles. The summed E-state index contributed by atoms with van der Waals surface area (Å²) in [6.45, 7) is 0.501. The van der Waals surface area contributed by atoms with Crippen molar-refractivity contribution in [3.8, 4) is 0 Å². The lowest BCUT2D eigenvalue weighted by molar-refractivity contribution is -0.144. The Labute approximate surface area is 104 Å². The van der Waals surface area contributed by atoms with Crippen LogP contribution in [-0.4, -0.2) is 51.9 Å². The number of hydrogen-bond donors (Lipinski definition) is 6.